The number of aryl methyl sites for hydroxylation is 1. The van der Waals surface area contributed by atoms with Crippen LogP contribution in [0.2, 0.25) is 0 Å². The minimum absolute atomic E-state index is 0.143. The number of carboxylic acid groups (broad SMARTS) is 1. The van der Waals surface area contributed by atoms with E-state index < -0.39 is 5.97 Å². The summed E-state index contributed by atoms with van der Waals surface area (Å²) in [6.45, 7) is 6.48. The quantitative estimate of drug-likeness (QED) is 0.708. The molecule has 1 aromatic heterocycles. The maximum atomic E-state index is 13.4. The largest absolute Gasteiger partial charge is 0.478 e. The van der Waals surface area contributed by atoms with Crippen LogP contribution in [0.15, 0.2) is 42.5 Å². The van der Waals surface area contributed by atoms with E-state index in [9.17, 15) is 14.7 Å². The molecule has 0 bridgehead atoms. The number of fused-ring (bicyclic) bond motifs is 2. The van der Waals surface area contributed by atoms with Crippen LogP contribution in [0.5, 0.6) is 0 Å². The number of carbonyl (C=O) groups is 2. The van der Waals surface area contributed by atoms with E-state index in [1.54, 1.807) is 6.07 Å². The zero-order valence-electron chi connectivity index (χ0n) is 16.5. The number of rotatable bonds is 4. The molecule has 29 heavy (non-hydrogen) atoms. The Kier molecular flexibility index (Phi) is 5.03. The van der Waals surface area contributed by atoms with Gasteiger partial charge in [0.05, 0.1) is 16.6 Å². The van der Waals surface area contributed by atoms with Crippen LogP contribution in [-0.2, 0) is 13.0 Å². The van der Waals surface area contributed by atoms with Gasteiger partial charge in [-0.1, -0.05) is 31.2 Å². The number of benzene rings is 2. The Labute approximate surface area is 169 Å². The number of hydrogen-bond acceptors (Lipinski definition) is 4. The predicted molar refractivity (Wildman–Crippen MR) is 112 cm³/mol. The summed E-state index contributed by atoms with van der Waals surface area (Å²) in [5.74, 6) is -1.26. The van der Waals surface area contributed by atoms with Gasteiger partial charge in [-0.05, 0) is 37.2 Å². The van der Waals surface area contributed by atoms with Gasteiger partial charge in [0, 0.05) is 41.8 Å². The van der Waals surface area contributed by atoms with Crippen molar-refractivity contribution in [2.24, 2.45) is 0 Å². The van der Waals surface area contributed by atoms with Crippen molar-refractivity contribution in [3.63, 3.8) is 0 Å². The molecule has 1 aliphatic rings. The summed E-state index contributed by atoms with van der Waals surface area (Å²) in [6, 6.07) is 12.4. The first-order valence-corrected chi connectivity index (χ1v) is 9.76. The van der Waals surface area contributed by atoms with Crippen LogP contribution in [-0.4, -0.2) is 40.0 Å². The Morgan fingerprint density at radius 2 is 2.00 bits per heavy atom. The fraction of sp³-hybridized carbons (Fsp3) is 0.261. The Bertz CT molecular complexity index is 1120. The van der Waals surface area contributed by atoms with E-state index in [0.717, 1.165) is 47.2 Å². The lowest BCUT2D eigenvalue weighted by molar-refractivity contribution is 0.0696. The Balaban J connectivity index is 1.82. The van der Waals surface area contributed by atoms with Gasteiger partial charge in [-0.15, -0.1) is 0 Å². The lowest BCUT2D eigenvalue weighted by atomic mass is 9.95. The lowest BCUT2D eigenvalue weighted by Gasteiger charge is -2.29. The van der Waals surface area contributed by atoms with Gasteiger partial charge in [-0.3, -0.25) is 14.7 Å². The van der Waals surface area contributed by atoms with E-state index in [-0.39, 0.29) is 11.5 Å². The fourth-order valence-corrected chi connectivity index (χ4v) is 3.85. The van der Waals surface area contributed by atoms with Crippen molar-refractivity contribution in [2.45, 2.75) is 26.8 Å². The van der Waals surface area contributed by atoms with Gasteiger partial charge in [0.2, 0.25) is 0 Å². The topological polar surface area (TPSA) is 82.5 Å². The Morgan fingerprint density at radius 1 is 1.21 bits per heavy atom. The van der Waals surface area contributed by atoms with Crippen molar-refractivity contribution in [3.05, 3.63) is 70.4 Å². The molecule has 0 saturated carbocycles. The van der Waals surface area contributed by atoms with Crippen LogP contribution in [0.4, 0.5) is 5.69 Å². The molecule has 0 unspecified atom stereocenters. The summed E-state index contributed by atoms with van der Waals surface area (Å²) in [5.41, 5.74) is 4.82. The number of anilines is 1. The zero-order chi connectivity index (χ0) is 20.5. The van der Waals surface area contributed by atoms with E-state index >= 15 is 0 Å². The molecule has 6 heteroatoms. The average molecular weight is 389 g/mol. The number of carbonyl (C=O) groups excluding carboxylic acids is 1. The van der Waals surface area contributed by atoms with Crippen molar-refractivity contribution in [1.29, 1.82) is 0 Å². The zero-order valence-corrected chi connectivity index (χ0v) is 16.5. The molecule has 2 aromatic carbocycles. The van der Waals surface area contributed by atoms with Crippen molar-refractivity contribution in [1.82, 2.24) is 9.88 Å². The van der Waals surface area contributed by atoms with Crippen LogP contribution in [0.25, 0.3) is 10.9 Å². The van der Waals surface area contributed by atoms with Crippen molar-refractivity contribution < 1.29 is 14.7 Å². The van der Waals surface area contributed by atoms with Gasteiger partial charge in [-0.2, -0.15) is 0 Å². The van der Waals surface area contributed by atoms with Crippen LogP contribution in [0.3, 0.4) is 0 Å². The van der Waals surface area contributed by atoms with Gasteiger partial charge < -0.3 is 10.4 Å². The average Bonchev–Trinajstić information content (AvgIpc) is 2.72. The van der Waals surface area contributed by atoms with Crippen molar-refractivity contribution >= 4 is 28.5 Å². The molecule has 3 aromatic rings. The second kappa shape index (κ2) is 7.64. The molecule has 1 aliphatic heterocycles. The first-order valence-electron chi connectivity index (χ1n) is 9.76. The molecule has 0 fully saturated rings. The number of carboxylic acids is 1. The van der Waals surface area contributed by atoms with E-state index in [4.69, 9.17) is 4.98 Å². The molecule has 2 heterocycles. The number of nitrogens with zero attached hydrogens (tertiary/aromatic N) is 2. The van der Waals surface area contributed by atoms with E-state index in [2.05, 4.69) is 17.1 Å². The number of aromatic nitrogens is 1. The van der Waals surface area contributed by atoms with Crippen LogP contribution in [0.1, 0.15) is 44.5 Å². The Morgan fingerprint density at radius 3 is 2.76 bits per heavy atom. The first-order chi connectivity index (χ1) is 14.0. The fourth-order valence-electron chi connectivity index (χ4n) is 3.85. The molecule has 0 spiro atoms. The third-order valence-electron chi connectivity index (χ3n) is 5.53. The lowest BCUT2D eigenvalue weighted by Crippen LogP contribution is -2.33. The van der Waals surface area contributed by atoms with Crippen molar-refractivity contribution in [2.75, 3.05) is 18.4 Å². The molecule has 4 rings (SSSR count). The molecule has 0 atom stereocenters. The maximum Gasteiger partial charge on any atom is 0.335 e. The number of nitrogens with one attached hydrogen (secondary N) is 1. The predicted octanol–water partition coefficient (Wildman–Crippen LogP) is 3.87. The van der Waals surface area contributed by atoms with E-state index in [1.807, 2.05) is 31.2 Å². The molecular weight excluding hydrogens is 366 g/mol. The number of pyridine rings is 1. The highest BCUT2D eigenvalue weighted by Gasteiger charge is 2.25. The van der Waals surface area contributed by atoms with Gasteiger partial charge in [0.1, 0.15) is 0 Å². The maximum absolute atomic E-state index is 13.4. The Hall–Kier alpha value is -3.25. The SMILES string of the molecule is CCN1CCc2nc3ccccc3c(C(=O)Nc3cc(C(=O)O)ccc3C)c2C1. The van der Waals surface area contributed by atoms with Gasteiger partial charge in [-0.25, -0.2) is 4.79 Å². The molecular formula is C23H23N3O3. The summed E-state index contributed by atoms with van der Waals surface area (Å²) in [5, 5.41) is 13.0. The number of amides is 1. The van der Waals surface area contributed by atoms with E-state index in [0.29, 0.717) is 17.8 Å². The molecule has 148 valence electrons. The minimum atomic E-state index is -1.02. The third-order valence-corrected chi connectivity index (χ3v) is 5.53. The van der Waals surface area contributed by atoms with Crippen molar-refractivity contribution in [3.8, 4) is 0 Å². The third kappa shape index (κ3) is 3.59. The number of aromatic carboxylic acids is 1. The highest BCUT2D eigenvalue weighted by atomic mass is 16.4. The molecule has 2 N–H and O–H groups in total. The van der Waals surface area contributed by atoms with Gasteiger partial charge in [0.25, 0.3) is 5.91 Å². The second-order valence-electron chi connectivity index (χ2n) is 7.34. The van der Waals surface area contributed by atoms with Crippen LogP contribution >= 0.6 is 0 Å². The molecule has 0 saturated heterocycles. The monoisotopic (exact) mass is 389 g/mol. The molecule has 0 aliphatic carbocycles. The van der Waals surface area contributed by atoms with Gasteiger partial charge in [0.15, 0.2) is 0 Å². The highest BCUT2D eigenvalue weighted by molar-refractivity contribution is 6.14. The summed E-state index contributed by atoms with van der Waals surface area (Å²) in [4.78, 5) is 31.9. The number of hydrogen-bond donors (Lipinski definition) is 2. The molecule has 0 radical (unpaired) electrons. The minimum Gasteiger partial charge on any atom is -0.478 e. The summed E-state index contributed by atoms with van der Waals surface area (Å²) >= 11 is 0. The van der Waals surface area contributed by atoms with Gasteiger partial charge >= 0.3 is 5.97 Å². The summed E-state index contributed by atoms with van der Waals surface area (Å²) in [7, 11) is 0. The normalized spacial score (nSPS) is 13.9. The second-order valence-corrected chi connectivity index (χ2v) is 7.34. The molecule has 1 amide bonds. The number of para-hydroxylation sites is 1. The van der Waals surface area contributed by atoms with E-state index in [1.165, 1.54) is 12.1 Å². The van der Waals surface area contributed by atoms with Crippen LogP contribution < -0.4 is 5.32 Å². The first kappa shape index (κ1) is 19.1. The standard InChI is InChI=1S/C23H23N3O3/c1-3-26-11-10-19-17(13-26)21(16-6-4-5-7-18(16)24-19)22(27)25-20-12-15(23(28)29)9-8-14(20)2/h4-9,12H,3,10-11,13H2,1-2H3,(H,25,27)(H,28,29). The number of likely N-dealkylation sites (N-methyl/N-ethyl adjacent to an activating group) is 1. The summed E-state index contributed by atoms with van der Waals surface area (Å²) < 4.78 is 0. The molecule has 6 nitrogen and oxygen atoms in total. The summed E-state index contributed by atoms with van der Waals surface area (Å²) in [6.07, 6.45) is 0.807. The highest BCUT2D eigenvalue weighted by Crippen LogP contribution is 2.29. The smallest absolute Gasteiger partial charge is 0.335 e. The van der Waals surface area contributed by atoms with Crippen LogP contribution in [0, 0.1) is 6.92 Å².